The lowest BCUT2D eigenvalue weighted by atomic mass is 9.80. The van der Waals surface area contributed by atoms with Gasteiger partial charge in [0.1, 0.15) is 5.78 Å². The summed E-state index contributed by atoms with van der Waals surface area (Å²) < 4.78 is 0. The van der Waals surface area contributed by atoms with Gasteiger partial charge in [-0.05, 0) is 32.6 Å². The van der Waals surface area contributed by atoms with Crippen LogP contribution in [-0.2, 0) is 9.59 Å². The van der Waals surface area contributed by atoms with E-state index in [1.807, 2.05) is 0 Å². The Bertz CT molecular complexity index is 168. The molecule has 0 aliphatic heterocycles. The lowest BCUT2D eigenvalue weighted by Crippen LogP contribution is -2.24. The first-order chi connectivity index (χ1) is 5.61. The summed E-state index contributed by atoms with van der Waals surface area (Å²) in [6, 6.07) is 0. The molecule has 0 amide bonds. The third kappa shape index (κ3) is 2.06. The molecular formula is C9H14O3. The molecule has 0 bridgehead atoms. The second kappa shape index (κ2) is 3.70. The van der Waals surface area contributed by atoms with E-state index in [0.29, 0.717) is 12.8 Å². The molecule has 1 fully saturated rings. The van der Waals surface area contributed by atoms with Crippen LogP contribution in [0.3, 0.4) is 0 Å². The van der Waals surface area contributed by atoms with Crippen molar-refractivity contribution in [1.29, 1.82) is 0 Å². The fourth-order valence-electron chi connectivity index (χ4n) is 1.75. The Morgan fingerprint density at radius 2 is 1.50 bits per heavy atom. The molecule has 12 heavy (non-hydrogen) atoms. The number of hydrogen-bond acceptors (Lipinski definition) is 2. The Morgan fingerprint density at radius 1 is 1.08 bits per heavy atom. The number of ketones is 1. The predicted octanol–water partition coefficient (Wildman–Crippen LogP) is 1.47. The van der Waals surface area contributed by atoms with E-state index in [4.69, 9.17) is 5.11 Å². The summed E-state index contributed by atoms with van der Waals surface area (Å²) in [7, 11) is 0. The number of carboxylic acid groups (broad SMARTS) is 1. The SMILES string of the molecule is CC(=O)[C@H]1CC[C@@H](C(=O)O)CC1. The molecule has 1 aliphatic rings. The highest BCUT2D eigenvalue weighted by Crippen LogP contribution is 2.29. The molecule has 0 unspecified atom stereocenters. The Hall–Kier alpha value is -0.860. The Morgan fingerprint density at radius 3 is 1.83 bits per heavy atom. The van der Waals surface area contributed by atoms with Crippen LogP contribution < -0.4 is 0 Å². The molecule has 3 heteroatoms. The highest BCUT2D eigenvalue weighted by Gasteiger charge is 2.27. The molecule has 0 spiro atoms. The largest absolute Gasteiger partial charge is 0.481 e. The van der Waals surface area contributed by atoms with Crippen LogP contribution in [-0.4, -0.2) is 16.9 Å². The van der Waals surface area contributed by atoms with Crippen LogP contribution in [0.5, 0.6) is 0 Å². The van der Waals surface area contributed by atoms with Gasteiger partial charge in [0.05, 0.1) is 5.92 Å². The molecule has 3 nitrogen and oxygen atoms in total. The van der Waals surface area contributed by atoms with Crippen LogP contribution in [0.15, 0.2) is 0 Å². The topological polar surface area (TPSA) is 54.4 Å². The zero-order valence-electron chi connectivity index (χ0n) is 7.25. The number of carboxylic acids is 1. The van der Waals surface area contributed by atoms with Crippen LogP contribution in [0.25, 0.3) is 0 Å². The summed E-state index contributed by atoms with van der Waals surface area (Å²) in [5.41, 5.74) is 0. The number of carbonyl (C=O) groups excluding carboxylic acids is 1. The van der Waals surface area contributed by atoms with Gasteiger partial charge in [-0.25, -0.2) is 0 Å². The van der Waals surface area contributed by atoms with Gasteiger partial charge in [0.15, 0.2) is 0 Å². The number of hydrogen-bond donors (Lipinski definition) is 1. The summed E-state index contributed by atoms with van der Waals surface area (Å²) in [5, 5.41) is 8.68. The maximum atomic E-state index is 10.9. The van der Waals surface area contributed by atoms with E-state index in [9.17, 15) is 9.59 Å². The van der Waals surface area contributed by atoms with Gasteiger partial charge in [-0.3, -0.25) is 9.59 Å². The third-order valence-electron chi connectivity index (χ3n) is 2.65. The minimum Gasteiger partial charge on any atom is -0.481 e. The number of rotatable bonds is 2. The average molecular weight is 170 g/mol. The van der Waals surface area contributed by atoms with E-state index in [1.165, 1.54) is 0 Å². The van der Waals surface area contributed by atoms with E-state index < -0.39 is 5.97 Å². The molecule has 0 saturated heterocycles. The van der Waals surface area contributed by atoms with Gasteiger partial charge in [-0.1, -0.05) is 0 Å². The van der Waals surface area contributed by atoms with Crippen molar-refractivity contribution in [3.8, 4) is 0 Å². The molecule has 1 rings (SSSR count). The van der Waals surface area contributed by atoms with Gasteiger partial charge in [0, 0.05) is 5.92 Å². The maximum Gasteiger partial charge on any atom is 0.306 e. The molecule has 0 aromatic heterocycles. The van der Waals surface area contributed by atoms with Crippen molar-refractivity contribution in [3.63, 3.8) is 0 Å². The Labute approximate surface area is 71.8 Å². The monoisotopic (exact) mass is 170 g/mol. The van der Waals surface area contributed by atoms with Gasteiger partial charge in [0.2, 0.25) is 0 Å². The standard InChI is InChI=1S/C9H14O3/c1-6(10)7-2-4-8(5-3-7)9(11)12/h7-8H,2-5H2,1H3,(H,11,12)/t7-,8+. The van der Waals surface area contributed by atoms with Crippen LogP contribution in [0.4, 0.5) is 0 Å². The third-order valence-corrected chi connectivity index (χ3v) is 2.65. The molecule has 0 radical (unpaired) electrons. The quantitative estimate of drug-likeness (QED) is 0.682. The van der Waals surface area contributed by atoms with Gasteiger partial charge >= 0.3 is 5.97 Å². The zero-order valence-corrected chi connectivity index (χ0v) is 7.25. The average Bonchev–Trinajstić information content (AvgIpc) is 2.04. The Balaban J connectivity index is 2.39. The van der Waals surface area contributed by atoms with Crippen LogP contribution in [0.2, 0.25) is 0 Å². The summed E-state index contributed by atoms with van der Waals surface area (Å²) in [6.07, 6.45) is 2.84. The number of Topliss-reactive ketones (excluding diaryl/α,β-unsaturated/α-hetero) is 1. The van der Waals surface area contributed by atoms with Gasteiger partial charge in [-0.15, -0.1) is 0 Å². The fourth-order valence-corrected chi connectivity index (χ4v) is 1.75. The second-order valence-corrected chi connectivity index (χ2v) is 3.50. The lowest BCUT2D eigenvalue weighted by Gasteiger charge is -2.23. The summed E-state index contributed by atoms with van der Waals surface area (Å²) in [6.45, 7) is 1.59. The minimum atomic E-state index is -0.711. The Kier molecular flexibility index (Phi) is 2.84. The van der Waals surface area contributed by atoms with Crippen molar-refractivity contribution in [2.75, 3.05) is 0 Å². The molecule has 1 aliphatic carbocycles. The molecule has 0 atom stereocenters. The molecular weight excluding hydrogens is 156 g/mol. The predicted molar refractivity (Wildman–Crippen MR) is 43.8 cm³/mol. The van der Waals surface area contributed by atoms with Gasteiger partial charge in [-0.2, -0.15) is 0 Å². The van der Waals surface area contributed by atoms with E-state index in [-0.39, 0.29) is 17.6 Å². The van der Waals surface area contributed by atoms with Crippen LogP contribution >= 0.6 is 0 Å². The van der Waals surface area contributed by atoms with E-state index in [1.54, 1.807) is 6.92 Å². The number of carbonyl (C=O) groups is 2. The smallest absolute Gasteiger partial charge is 0.306 e. The summed E-state index contributed by atoms with van der Waals surface area (Å²) in [5.74, 6) is -0.586. The molecule has 0 aromatic rings. The fraction of sp³-hybridized carbons (Fsp3) is 0.778. The summed E-state index contributed by atoms with van der Waals surface area (Å²) >= 11 is 0. The molecule has 0 aromatic carbocycles. The second-order valence-electron chi connectivity index (χ2n) is 3.50. The first kappa shape index (κ1) is 9.23. The zero-order chi connectivity index (χ0) is 9.14. The molecule has 1 N–H and O–H groups in total. The van der Waals surface area contributed by atoms with Crippen molar-refractivity contribution < 1.29 is 14.7 Å². The van der Waals surface area contributed by atoms with Gasteiger partial charge in [0.25, 0.3) is 0 Å². The number of aliphatic carboxylic acids is 1. The van der Waals surface area contributed by atoms with Crippen molar-refractivity contribution in [3.05, 3.63) is 0 Å². The van der Waals surface area contributed by atoms with Gasteiger partial charge < -0.3 is 5.11 Å². The summed E-state index contributed by atoms with van der Waals surface area (Å²) in [4.78, 5) is 21.5. The maximum absolute atomic E-state index is 10.9. The van der Waals surface area contributed by atoms with Crippen molar-refractivity contribution in [1.82, 2.24) is 0 Å². The van der Waals surface area contributed by atoms with E-state index in [2.05, 4.69) is 0 Å². The van der Waals surface area contributed by atoms with E-state index >= 15 is 0 Å². The first-order valence-corrected chi connectivity index (χ1v) is 4.34. The normalized spacial score (nSPS) is 29.8. The molecule has 1 saturated carbocycles. The van der Waals surface area contributed by atoms with Crippen molar-refractivity contribution in [2.24, 2.45) is 11.8 Å². The first-order valence-electron chi connectivity index (χ1n) is 4.34. The van der Waals surface area contributed by atoms with Crippen LogP contribution in [0.1, 0.15) is 32.6 Å². The molecule has 0 heterocycles. The highest BCUT2D eigenvalue weighted by atomic mass is 16.4. The molecule has 68 valence electrons. The minimum absolute atomic E-state index is 0.126. The van der Waals surface area contributed by atoms with Crippen LogP contribution in [0, 0.1) is 11.8 Å². The highest BCUT2D eigenvalue weighted by molar-refractivity contribution is 5.78. The lowest BCUT2D eigenvalue weighted by molar-refractivity contribution is -0.143. The van der Waals surface area contributed by atoms with Crippen molar-refractivity contribution >= 4 is 11.8 Å². The van der Waals surface area contributed by atoms with Crippen molar-refractivity contribution in [2.45, 2.75) is 32.6 Å². The van der Waals surface area contributed by atoms with E-state index in [0.717, 1.165) is 12.8 Å².